The molecule has 0 spiro atoms. The topological polar surface area (TPSA) is 45.9 Å². The highest BCUT2D eigenvalue weighted by Gasteiger charge is 2.46. The van der Waals surface area contributed by atoms with E-state index in [9.17, 15) is 4.79 Å². The molecule has 3 aliphatic rings. The molecule has 1 aromatic heterocycles. The highest BCUT2D eigenvalue weighted by molar-refractivity contribution is 5.94. The number of furan rings is 1. The van der Waals surface area contributed by atoms with Crippen molar-refractivity contribution in [2.24, 2.45) is 11.8 Å². The number of fused-ring (bicyclic) bond motifs is 1. The van der Waals surface area contributed by atoms with Crippen LogP contribution in [0.1, 0.15) is 29.6 Å². The van der Waals surface area contributed by atoms with Gasteiger partial charge < -0.3 is 19.0 Å². The average molecular weight is 304 g/mol. The summed E-state index contributed by atoms with van der Waals surface area (Å²) in [5.41, 5.74) is 0.662. The number of hydrogen-bond acceptors (Lipinski definition) is 4. The van der Waals surface area contributed by atoms with Crippen molar-refractivity contribution >= 4 is 5.91 Å². The molecule has 0 unspecified atom stereocenters. The minimum Gasteiger partial charge on any atom is -0.472 e. The summed E-state index contributed by atoms with van der Waals surface area (Å²) >= 11 is 0. The van der Waals surface area contributed by atoms with Crippen molar-refractivity contribution in [3.8, 4) is 0 Å². The van der Waals surface area contributed by atoms with E-state index in [1.54, 1.807) is 25.7 Å². The molecule has 1 aromatic rings. The van der Waals surface area contributed by atoms with Gasteiger partial charge in [-0.05, 0) is 31.2 Å². The summed E-state index contributed by atoms with van der Waals surface area (Å²) in [5, 5.41) is 0. The lowest BCUT2D eigenvalue weighted by molar-refractivity contribution is -0.0156. The van der Waals surface area contributed by atoms with Crippen LogP contribution in [-0.2, 0) is 4.74 Å². The molecule has 0 radical (unpaired) electrons. The second-order valence-electron chi connectivity index (χ2n) is 6.97. The summed E-state index contributed by atoms with van der Waals surface area (Å²) in [6, 6.07) is 2.04. The first-order valence-corrected chi connectivity index (χ1v) is 8.34. The van der Waals surface area contributed by atoms with Crippen molar-refractivity contribution in [3.63, 3.8) is 0 Å². The minimum atomic E-state index is 0.103. The summed E-state index contributed by atoms with van der Waals surface area (Å²) in [5.74, 6) is 1.43. The van der Waals surface area contributed by atoms with Gasteiger partial charge in [-0.3, -0.25) is 4.79 Å². The Bertz CT molecular complexity index is 526. The second-order valence-corrected chi connectivity index (χ2v) is 6.97. The number of methoxy groups -OCH3 is 1. The van der Waals surface area contributed by atoms with Crippen LogP contribution in [0.3, 0.4) is 0 Å². The van der Waals surface area contributed by atoms with Gasteiger partial charge in [0.25, 0.3) is 5.91 Å². The molecule has 0 bridgehead atoms. The Hall–Kier alpha value is -1.33. The maximum atomic E-state index is 12.7. The molecule has 120 valence electrons. The summed E-state index contributed by atoms with van der Waals surface area (Å²) in [4.78, 5) is 17.3. The molecular weight excluding hydrogens is 280 g/mol. The number of amides is 1. The normalized spacial score (nSPS) is 32.2. The maximum absolute atomic E-state index is 12.7. The van der Waals surface area contributed by atoms with Crippen LogP contribution in [0.2, 0.25) is 0 Å². The van der Waals surface area contributed by atoms with Crippen LogP contribution in [0.15, 0.2) is 23.0 Å². The molecule has 3 atom stereocenters. The van der Waals surface area contributed by atoms with E-state index in [-0.39, 0.29) is 18.1 Å². The summed E-state index contributed by atoms with van der Waals surface area (Å²) in [6.07, 6.45) is 7.08. The lowest BCUT2D eigenvalue weighted by Gasteiger charge is -2.41. The monoisotopic (exact) mass is 304 g/mol. The smallest absolute Gasteiger partial charge is 0.257 e. The summed E-state index contributed by atoms with van der Waals surface area (Å²) in [6.45, 7) is 4.03. The number of nitrogens with zero attached hydrogens (tertiary/aromatic N) is 2. The first kappa shape index (κ1) is 14.3. The Morgan fingerprint density at radius 1 is 1.36 bits per heavy atom. The minimum absolute atomic E-state index is 0.103. The predicted octanol–water partition coefficient (Wildman–Crippen LogP) is 1.85. The SMILES string of the molecule is CO[C@H]1CCN(C(=O)c2ccoc2)[C@@H]2CN(CC3CC3)C[C@H]12. The molecule has 0 aromatic carbocycles. The predicted molar refractivity (Wildman–Crippen MR) is 81.6 cm³/mol. The summed E-state index contributed by atoms with van der Waals surface area (Å²) < 4.78 is 10.8. The molecule has 4 rings (SSSR count). The molecule has 5 heteroatoms. The first-order valence-electron chi connectivity index (χ1n) is 8.34. The van der Waals surface area contributed by atoms with Gasteiger partial charge in [0, 0.05) is 39.2 Å². The number of carbonyl (C=O) groups excluding carboxylic acids is 1. The van der Waals surface area contributed by atoms with Crippen LogP contribution in [0.25, 0.3) is 0 Å². The van der Waals surface area contributed by atoms with Crippen LogP contribution in [0.5, 0.6) is 0 Å². The van der Waals surface area contributed by atoms with Crippen LogP contribution < -0.4 is 0 Å². The van der Waals surface area contributed by atoms with E-state index in [0.29, 0.717) is 11.5 Å². The number of hydrogen-bond donors (Lipinski definition) is 0. The second kappa shape index (κ2) is 5.70. The zero-order valence-electron chi connectivity index (χ0n) is 13.1. The number of rotatable bonds is 4. The summed E-state index contributed by atoms with van der Waals surface area (Å²) in [7, 11) is 1.80. The molecule has 5 nitrogen and oxygen atoms in total. The average Bonchev–Trinajstić information content (AvgIpc) is 3.03. The molecule has 3 fully saturated rings. The van der Waals surface area contributed by atoms with Crippen molar-refractivity contribution < 1.29 is 13.9 Å². The van der Waals surface area contributed by atoms with Gasteiger partial charge in [-0.25, -0.2) is 0 Å². The lowest BCUT2D eigenvalue weighted by atomic mass is 9.88. The molecule has 0 N–H and O–H groups in total. The Morgan fingerprint density at radius 3 is 2.91 bits per heavy atom. The van der Waals surface area contributed by atoms with Crippen LogP contribution in [-0.4, -0.2) is 61.1 Å². The van der Waals surface area contributed by atoms with Gasteiger partial charge in [0.05, 0.1) is 24.0 Å². The van der Waals surface area contributed by atoms with Crippen LogP contribution in [0.4, 0.5) is 0 Å². The highest BCUT2D eigenvalue weighted by atomic mass is 16.5. The number of piperidine rings is 1. The van der Waals surface area contributed by atoms with E-state index in [4.69, 9.17) is 9.15 Å². The zero-order valence-corrected chi connectivity index (χ0v) is 13.1. The highest BCUT2D eigenvalue weighted by Crippen LogP contribution is 2.36. The number of carbonyl (C=O) groups is 1. The lowest BCUT2D eigenvalue weighted by Crippen LogP contribution is -2.53. The van der Waals surface area contributed by atoms with Crippen molar-refractivity contribution in [3.05, 3.63) is 24.2 Å². The quantitative estimate of drug-likeness (QED) is 0.852. The van der Waals surface area contributed by atoms with Crippen molar-refractivity contribution in [2.75, 3.05) is 33.3 Å². The molecule has 1 saturated carbocycles. The fourth-order valence-corrected chi connectivity index (χ4v) is 4.15. The van der Waals surface area contributed by atoms with Gasteiger partial charge in [0.2, 0.25) is 0 Å². The molecule has 2 aliphatic heterocycles. The van der Waals surface area contributed by atoms with Crippen LogP contribution in [0, 0.1) is 11.8 Å². The van der Waals surface area contributed by atoms with Crippen LogP contribution >= 0.6 is 0 Å². The maximum Gasteiger partial charge on any atom is 0.257 e. The molecule has 3 heterocycles. The third kappa shape index (κ3) is 2.57. The fourth-order valence-electron chi connectivity index (χ4n) is 4.15. The first-order chi connectivity index (χ1) is 10.8. The van der Waals surface area contributed by atoms with E-state index in [2.05, 4.69) is 9.80 Å². The molecular formula is C17H24N2O3. The Labute approximate surface area is 131 Å². The number of ether oxygens (including phenoxy) is 1. The molecule has 1 amide bonds. The molecule has 2 saturated heterocycles. The Balaban J connectivity index is 1.52. The Kier molecular flexibility index (Phi) is 3.70. The number of likely N-dealkylation sites (tertiary alicyclic amines) is 2. The standard InChI is InChI=1S/C17H24N2O3/c1-21-16-4-6-19(17(20)13-5-7-22-11-13)15-10-18(9-14(15)16)8-12-2-3-12/h5,7,11-12,14-16H,2-4,6,8-10H2,1H3/t14-,15+,16-/m0/s1. The Morgan fingerprint density at radius 2 is 2.23 bits per heavy atom. The van der Waals surface area contributed by atoms with Gasteiger partial charge in [-0.15, -0.1) is 0 Å². The van der Waals surface area contributed by atoms with Gasteiger partial charge in [0.15, 0.2) is 0 Å². The van der Waals surface area contributed by atoms with Gasteiger partial charge in [-0.2, -0.15) is 0 Å². The van der Waals surface area contributed by atoms with Crippen molar-refractivity contribution in [1.29, 1.82) is 0 Å². The largest absolute Gasteiger partial charge is 0.472 e. The van der Waals surface area contributed by atoms with E-state index in [1.807, 2.05) is 0 Å². The van der Waals surface area contributed by atoms with Gasteiger partial charge in [0.1, 0.15) is 6.26 Å². The van der Waals surface area contributed by atoms with Gasteiger partial charge >= 0.3 is 0 Å². The zero-order chi connectivity index (χ0) is 15.1. The third-order valence-electron chi connectivity index (χ3n) is 5.49. The van der Waals surface area contributed by atoms with Crippen molar-refractivity contribution in [2.45, 2.75) is 31.4 Å². The van der Waals surface area contributed by atoms with Gasteiger partial charge in [-0.1, -0.05) is 0 Å². The van der Waals surface area contributed by atoms with E-state index in [1.165, 1.54) is 19.4 Å². The van der Waals surface area contributed by atoms with E-state index < -0.39 is 0 Å². The molecule has 22 heavy (non-hydrogen) atoms. The third-order valence-corrected chi connectivity index (χ3v) is 5.49. The van der Waals surface area contributed by atoms with Crippen molar-refractivity contribution in [1.82, 2.24) is 9.80 Å². The fraction of sp³-hybridized carbons (Fsp3) is 0.706. The molecule has 1 aliphatic carbocycles. The van der Waals surface area contributed by atoms with E-state index >= 15 is 0 Å². The van der Waals surface area contributed by atoms with E-state index in [0.717, 1.165) is 32.0 Å².